The van der Waals surface area contributed by atoms with Crippen molar-refractivity contribution in [1.29, 1.82) is 0 Å². The van der Waals surface area contributed by atoms with Crippen LogP contribution in [-0.4, -0.2) is 31.1 Å². The van der Waals surface area contributed by atoms with Crippen molar-refractivity contribution in [3.05, 3.63) is 22.6 Å². The molecule has 0 radical (unpaired) electrons. The van der Waals surface area contributed by atoms with Gasteiger partial charge in [-0.05, 0) is 73.0 Å². The highest BCUT2D eigenvalue weighted by atomic mass is 79.9. The van der Waals surface area contributed by atoms with E-state index in [-0.39, 0.29) is 0 Å². The van der Waals surface area contributed by atoms with Crippen molar-refractivity contribution < 1.29 is 4.42 Å². The summed E-state index contributed by atoms with van der Waals surface area (Å²) in [6.45, 7) is 7.75. The summed E-state index contributed by atoms with van der Waals surface area (Å²) >= 11 is 3.34. The Morgan fingerprint density at radius 3 is 2.76 bits per heavy atom. The first-order valence-electron chi connectivity index (χ1n) is 6.45. The van der Waals surface area contributed by atoms with Crippen molar-refractivity contribution in [2.24, 2.45) is 5.92 Å². The van der Waals surface area contributed by atoms with Gasteiger partial charge in [0.15, 0.2) is 4.67 Å². The maximum atomic E-state index is 5.54. The lowest BCUT2D eigenvalue weighted by Crippen LogP contribution is -2.36. The molecule has 96 valence electrons. The molecule has 2 rings (SSSR count). The molecule has 17 heavy (non-hydrogen) atoms. The molecule has 0 saturated carbocycles. The number of rotatable bonds is 5. The number of halogens is 1. The Kier molecular flexibility index (Phi) is 5.07. The summed E-state index contributed by atoms with van der Waals surface area (Å²) < 4.78 is 6.37. The lowest BCUT2D eigenvalue weighted by Gasteiger charge is -2.31. The highest BCUT2D eigenvalue weighted by molar-refractivity contribution is 9.10. The summed E-state index contributed by atoms with van der Waals surface area (Å²) in [4.78, 5) is 2.48. The Balaban J connectivity index is 1.72. The highest BCUT2D eigenvalue weighted by Crippen LogP contribution is 2.20. The molecule has 4 heteroatoms. The number of hydrogen-bond donors (Lipinski definition) is 1. The van der Waals surface area contributed by atoms with Crippen LogP contribution in [0.2, 0.25) is 0 Å². The van der Waals surface area contributed by atoms with Gasteiger partial charge in [0.05, 0.1) is 6.54 Å². The second-order valence-corrected chi connectivity index (χ2v) is 5.51. The van der Waals surface area contributed by atoms with E-state index in [2.05, 4.69) is 39.1 Å². The Morgan fingerprint density at radius 1 is 1.41 bits per heavy atom. The molecule has 1 N–H and O–H groups in total. The molecule has 0 amide bonds. The average Bonchev–Trinajstić information content (AvgIpc) is 2.74. The maximum Gasteiger partial charge on any atom is 0.169 e. The molecule has 1 aliphatic rings. The van der Waals surface area contributed by atoms with Crippen LogP contribution in [0.15, 0.2) is 21.2 Å². The Morgan fingerprint density at radius 2 is 2.18 bits per heavy atom. The van der Waals surface area contributed by atoms with Crippen molar-refractivity contribution in [1.82, 2.24) is 10.2 Å². The topological polar surface area (TPSA) is 28.4 Å². The van der Waals surface area contributed by atoms with Crippen LogP contribution < -0.4 is 5.32 Å². The number of nitrogens with zero attached hydrogens (tertiary/aromatic N) is 1. The molecule has 3 nitrogen and oxygen atoms in total. The van der Waals surface area contributed by atoms with Crippen molar-refractivity contribution in [3.63, 3.8) is 0 Å². The van der Waals surface area contributed by atoms with Gasteiger partial charge < -0.3 is 9.73 Å². The van der Waals surface area contributed by atoms with Crippen LogP contribution >= 0.6 is 15.9 Å². The van der Waals surface area contributed by atoms with Crippen LogP contribution in [0.1, 0.15) is 25.5 Å². The minimum atomic E-state index is 0.828. The summed E-state index contributed by atoms with van der Waals surface area (Å²) in [5, 5.41) is 3.44. The Labute approximate surface area is 112 Å². The van der Waals surface area contributed by atoms with Crippen molar-refractivity contribution in [3.8, 4) is 0 Å². The van der Waals surface area contributed by atoms with Crippen LogP contribution in [0.25, 0.3) is 0 Å². The fourth-order valence-corrected chi connectivity index (χ4v) is 2.69. The number of likely N-dealkylation sites (tertiary alicyclic amines) is 1. The van der Waals surface area contributed by atoms with Crippen LogP contribution in [0.3, 0.4) is 0 Å². The number of piperidine rings is 1. The summed E-state index contributed by atoms with van der Waals surface area (Å²) in [6.07, 6.45) is 2.60. The zero-order valence-corrected chi connectivity index (χ0v) is 12.0. The fraction of sp³-hybridized carbons (Fsp3) is 0.692. The van der Waals surface area contributed by atoms with Gasteiger partial charge in [-0.2, -0.15) is 0 Å². The van der Waals surface area contributed by atoms with E-state index < -0.39 is 0 Å². The molecule has 1 aromatic rings. The summed E-state index contributed by atoms with van der Waals surface area (Å²) in [7, 11) is 0. The van der Waals surface area contributed by atoms with Gasteiger partial charge in [-0.25, -0.2) is 0 Å². The number of hydrogen-bond acceptors (Lipinski definition) is 3. The molecule has 0 atom stereocenters. The molecule has 1 fully saturated rings. The third kappa shape index (κ3) is 4.12. The van der Waals surface area contributed by atoms with Crippen molar-refractivity contribution >= 4 is 15.9 Å². The zero-order valence-electron chi connectivity index (χ0n) is 10.4. The molecule has 0 aromatic carbocycles. The molecule has 0 spiro atoms. The summed E-state index contributed by atoms with van der Waals surface area (Å²) in [5.41, 5.74) is 0. The van der Waals surface area contributed by atoms with Crippen LogP contribution in [0.4, 0.5) is 0 Å². The van der Waals surface area contributed by atoms with E-state index >= 15 is 0 Å². The van der Waals surface area contributed by atoms with Crippen molar-refractivity contribution in [2.45, 2.75) is 26.3 Å². The van der Waals surface area contributed by atoms with Crippen LogP contribution in [0.5, 0.6) is 0 Å². The van der Waals surface area contributed by atoms with E-state index in [4.69, 9.17) is 4.42 Å². The first kappa shape index (κ1) is 13.1. The van der Waals surface area contributed by atoms with Crippen molar-refractivity contribution in [2.75, 3.05) is 26.2 Å². The minimum absolute atomic E-state index is 0.828. The lowest BCUT2D eigenvalue weighted by atomic mass is 9.97. The minimum Gasteiger partial charge on any atom is -0.453 e. The van der Waals surface area contributed by atoms with E-state index in [1.807, 2.05) is 6.07 Å². The second-order valence-electron chi connectivity index (χ2n) is 4.73. The molecule has 0 bridgehead atoms. The zero-order chi connectivity index (χ0) is 12.1. The van der Waals surface area contributed by atoms with Crippen LogP contribution in [0, 0.1) is 5.92 Å². The summed E-state index contributed by atoms with van der Waals surface area (Å²) in [5.74, 6) is 1.91. The largest absolute Gasteiger partial charge is 0.453 e. The van der Waals surface area contributed by atoms with Gasteiger partial charge in [-0.3, -0.25) is 4.90 Å². The molecule has 0 unspecified atom stereocenters. The van der Waals surface area contributed by atoms with Gasteiger partial charge in [-0.1, -0.05) is 6.92 Å². The van der Waals surface area contributed by atoms with Gasteiger partial charge in [0.1, 0.15) is 5.76 Å². The third-order valence-corrected chi connectivity index (χ3v) is 3.82. The number of nitrogens with one attached hydrogen (secondary N) is 1. The average molecular weight is 301 g/mol. The standard InChI is InChI=1S/C13H21BrN2O/c1-2-15-9-11-5-7-16(8-6-11)10-12-3-4-13(14)17-12/h3-4,11,15H,2,5-10H2,1H3. The highest BCUT2D eigenvalue weighted by Gasteiger charge is 2.19. The molecular formula is C13H21BrN2O. The molecule has 1 aliphatic heterocycles. The Bertz CT molecular complexity index is 332. The van der Waals surface area contributed by atoms with Crippen LogP contribution in [-0.2, 0) is 6.54 Å². The Hall–Kier alpha value is -0.320. The molecule has 2 heterocycles. The van der Waals surface area contributed by atoms with Gasteiger partial charge in [-0.15, -0.1) is 0 Å². The first-order valence-corrected chi connectivity index (χ1v) is 7.24. The van der Waals surface area contributed by atoms with Gasteiger partial charge in [0, 0.05) is 0 Å². The third-order valence-electron chi connectivity index (χ3n) is 3.40. The first-order chi connectivity index (χ1) is 8.28. The maximum absolute atomic E-state index is 5.54. The monoisotopic (exact) mass is 300 g/mol. The van der Waals surface area contributed by atoms with E-state index in [0.29, 0.717) is 0 Å². The fourth-order valence-electron chi connectivity index (χ4n) is 2.35. The molecule has 1 aromatic heterocycles. The lowest BCUT2D eigenvalue weighted by molar-refractivity contribution is 0.165. The second kappa shape index (κ2) is 6.57. The summed E-state index contributed by atoms with van der Waals surface area (Å²) in [6, 6.07) is 4.02. The van der Waals surface area contributed by atoms with Gasteiger partial charge in [0.2, 0.25) is 0 Å². The molecular weight excluding hydrogens is 280 g/mol. The normalized spacial score (nSPS) is 18.7. The predicted molar refractivity (Wildman–Crippen MR) is 73.0 cm³/mol. The van der Waals surface area contributed by atoms with E-state index in [1.54, 1.807) is 0 Å². The van der Waals surface area contributed by atoms with E-state index in [0.717, 1.165) is 29.4 Å². The quantitative estimate of drug-likeness (QED) is 0.906. The predicted octanol–water partition coefficient (Wildman–Crippen LogP) is 2.86. The molecule has 0 aliphatic carbocycles. The number of furan rings is 1. The van der Waals surface area contributed by atoms with E-state index in [1.165, 1.54) is 32.5 Å². The SMILES string of the molecule is CCNCC1CCN(Cc2ccc(Br)o2)CC1. The van der Waals surface area contributed by atoms with Gasteiger partial charge >= 0.3 is 0 Å². The van der Waals surface area contributed by atoms with E-state index in [9.17, 15) is 0 Å². The van der Waals surface area contributed by atoms with Gasteiger partial charge in [0.25, 0.3) is 0 Å². The molecule has 1 saturated heterocycles. The smallest absolute Gasteiger partial charge is 0.169 e.